The van der Waals surface area contributed by atoms with E-state index in [2.05, 4.69) is 133 Å². The predicted molar refractivity (Wildman–Crippen MR) is 201 cm³/mol. The van der Waals surface area contributed by atoms with Crippen molar-refractivity contribution in [2.24, 2.45) is 17.8 Å². The molecule has 7 aliphatic rings. The number of nitriles is 1. The van der Waals surface area contributed by atoms with E-state index in [1.165, 1.54) is 58.5 Å². The molecular weight excluding hydrogens is 595 g/mol. The van der Waals surface area contributed by atoms with E-state index in [-0.39, 0.29) is 6.04 Å². The Morgan fingerprint density at radius 3 is 2.71 bits per heavy atom. The third-order valence-electron chi connectivity index (χ3n) is 12.2. The molecule has 9 rings (SSSR count). The molecule has 3 nitrogen and oxygen atoms in total. The van der Waals surface area contributed by atoms with E-state index in [0.717, 1.165) is 31.4 Å². The Hall–Kier alpha value is -4.81. The standard InChI is InChI=1S/C46H45N3/c1-3-32-15-13-25-44(49-42-23-10-6-18-35(42)36-19-7-11-24-43(36)49)46(32)38-21-5-4-17-34(38)39-28-40-37-20-8-9-22-41(37)48(45(40)26-30(39)2)33-16-12-14-31(27-33)29-47/h4-6,8-9,12-22,25,27-28,30,32,37,41,43,46H,3,7,10-11,23-24,26H2,1-2H3. The Labute approximate surface area is 292 Å². The Morgan fingerprint density at radius 2 is 1.82 bits per heavy atom. The second-order valence-corrected chi connectivity index (χ2v) is 14.8. The van der Waals surface area contributed by atoms with Gasteiger partial charge in [0.05, 0.1) is 23.7 Å². The van der Waals surface area contributed by atoms with Crippen LogP contribution < -0.4 is 4.90 Å². The predicted octanol–water partition coefficient (Wildman–Crippen LogP) is 10.8. The molecular formula is C46H45N3. The zero-order valence-corrected chi connectivity index (χ0v) is 28.7. The van der Waals surface area contributed by atoms with Crippen LogP contribution in [0.3, 0.4) is 0 Å². The molecule has 49 heavy (non-hydrogen) atoms. The van der Waals surface area contributed by atoms with Crippen LogP contribution in [0, 0.1) is 29.1 Å². The summed E-state index contributed by atoms with van der Waals surface area (Å²) in [4.78, 5) is 5.33. The monoisotopic (exact) mass is 639 g/mol. The van der Waals surface area contributed by atoms with E-state index in [0.29, 0.717) is 35.3 Å². The number of nitrogens with zero attached hydrogens (tertiary/aromatic N) is 3. The van der Waals surface area contributed by atoms with E-state index >= 15 is 0 Å². The molecule has 0 radical (unpaired) electrons. The van der Waals surface area contributed by atoms with Crippen LogP contribution >= 0.6 is 0 Å². The summed E-state index contributed by atoms with van der Waals surface area (Å²) < 4.78 is 0. The molecule has 5 aliphatic carbocycles. The number of rotatable bonds is 5. The highest BCUT2D eigenvalue weighted by Crippen LogP contribution is 2.53. The maximum Gasteiger partial charge on any atom is 0.0992 e. The zero-order chi connectivity index (χ0) is 33.1. The van der Waals surface area contributed by atoms with Gasteiger partial charge in [-0.1, -0.05) is 105 Å². The molecule has 0 saturated heterocycles. The molecule has 0 N–H and O–H groups in total. The van der Waals surface area contributed by atoms with Crippen LogP contribution in [0.25, 0.3) is 5.57 Å². The molecule has 6 unspecified atom stereocenters. The number of allylic oxidation sites excluding steroid dienone is 13. The van der Waals surface area contributed by atoms with Crippen molar-refractivity contribution >= 4 is 11.3 Å². The average molecular weight is 640 g/mol. The van der Waals surface area contributed by atoms with Gasteiger partial charge < -0.3 is 9.80 Å². The van der Waals surface area contributed by atoms with Gasteiger partial charge in [-0.05, 0) is 114 Å². The Bertz CT molecular complexity index is 2030. The summed E-state index contributed by atoms with van der Waals surface area (Å²) in [5.74, 6) is 1.40. The number of hydrogen-bond donors (Lipinski definition) is 0. The average Bonchev–Trinajstić information content (AvgIpc) is 3.66. The van der Waals surface area contributed by atoms with Gasteiger partial charge in [-0.3, -0.25) is 0 Å². The second kappa shape index (κ2) is 12.3. The fourth-order valence-electron chi connectivity index (χ4n) is 10.0. The van der Waals surface area contributed by atoms with Gasteiger partial charge in [0.1, 0.15) is 0 Å². The van der Waals surface area contributed by atoms with Crippen molar-refractivity contribution in [1.29, 1.82) is 5.26 Å². The summed E-state index contributed by atoms with van der Waals surface area (Å²) in [6.07, 6.45) is 34.4. The molecule has 6 atom stereocenters. The van der Waals surface area contributed by atoms with Gasteiger partial charge in [0.25, 0.3) is 0 Å². The van der Waals surface area contributed by atoms with Crippen LogP contribution in [-0.4, -0.2) is 17.0 Å². The first-order chi connectivity index (χ1) is 24.2. The minimum Gasteiger partial charge on any atom is -0.340 e. The number of benzene rings is 2. The Morgan fingerprint density at radius 1 is 0.918 bits per heavy atom. The van der Waals surface area contributed by atoms with E-state index < -0.39 is 0 Å². The van der Waals surface area contributed by atoms with Gasteiger partial charge >= 0.3 is 0 Å². The summed E-state index contributed by atoms with van der Waals surface area (Å²) in [6, 6.07) is 20.6. The van der Waals surface area contributed by atoms with Crippen molar-refractivity contribution < 1.29 is 0 Å². The van der Waals surface area contributed by atoms with Gasteiger partial charge in [0.15, 0.2) is 0 Å². The first kappa shape index (κ1) is 30.3. The molecule has 0 saturated carbocycles. The number of anilines is 1. The molecule has 2 aromatic carbocycles. The molecule has 0 spiro atoms. The second-order valence-electron chi connectivity index (χ2n) is 14.8. The molecule has 2 aromatic rings. The first-order valence-corrected chi connectivity index (χ1v) is 18.6. The van der Waals surface area contributed by atoms with Crippen molar-refractivity contribution in [2.75, 3.05) is 4.90 Å². The molecule has 0 bridgehead atoms. The smallest absolute Gasteiger partial charge is 0.0992 e. The van der Waals surface area contributed by atoms with Crippen LogP contribution in [-0.2, 0) is 0 Å². The van der Waals surface area contributed by atoms with Crippen molar-refractivity contribution in [3.8, 4) is 6.07 Å². The zero-order valence-electron chi connectivity index (χ0n) is 28.7. The topological polar surface area (TPSA) is 30.3 Å². The molecule has 0 fully saturated rings. The highest BCUT2D eigenvalue weighted by Gasteiger charge is 2.44. The quantitative estimate of drug-likeness (QED) is 0.326. The van der Waals surface area contributed by atoms with Gasteiger partial charge in [-0.25, -0.2) is 0 Å². The van der Waals surface area contributed by atoms with Crippen LogP contribution in [0.1, 0.15) is 81.4 Å². The maximum atomic E-state index is 9.71. The highest BCUT2D eigenvalue weighted by molar-refractivity contribution is 5.78. The maximum absolute atomic E-state index is 9.71. The summed E-state index contributed by atoms with van der Waals surface area (Å²) in [6.45, 7) is 4.79. The third kappa shape index (κ3) is 4.83. The van der Waals surface area contributed by atoms with E-state index in [1.54, 1.807) is 11.3 Å². The van der Waals surface area contributed by atoms with E-state index in [1.807, 2.05) is 12.1 Å². The largest absolute Gasteiger partial charge is 0.340 e. The summed E-state index contributed by atoms with van der Waals surface area (Å²) in [5.41, 5.74) is 15.1. The fraction of sp³-hybridized carbons (Fsp3) is 0.326. The molecule has 0 amide bonds. The van der Waals surface area contributed by atoms with Crippen molar-refractivity contribution in [3.05, 3.63) is 166 Å². The molecule has 0 aromatic heterocycles. The Balaban J connectivity index is 1.16. The van der Waals surface area contributed by atoms with E-state index in [4.69, 9.17) is 0 Å². The lowest BCUT2D eigenvalue weighted by molar-refractivity contribution is 0.298. The van der Waals surface area contributed by atoms with Crippen LogP contribution in [0.4, 0.5) is 5.69 Å². The lowest BCUT2D eigenvalue weighted by Crippen LogP contribution is -2.36. The van der Waals surface area contributed by atoms with E-state index in [9.17, 15) is 5.26 Å². The number of hydrogen-bond acceptors (Lipinski definition) is 3. The minimum atomic E-state index is 0.226. The molecule has 3 heteroatoms. The summed E-state index contributed by atoms with van der Waals surface area (Å²) >= 11 is 0. The summed E-state index contributed by atoms with van der Waals surface area (Å²) in [5, 5.41) is 9.71. The number of fused-ring (bicyclic) bond motifs is 4. The third-order valence-corrected chi connectivity index (χ3v) is 12.2. The van der Waals surface area contributed by atoms with Gasteiger partial charge in [-0.2, -0.15) is 5.26 Å². The van der Waals surface area contributed by atoms with Crippen LogP contribution in [0.2, 0.25) is 0 Å². The van der Waals surface area contributed by atoms with Crippen LogP contribution in [0.15, 0.2) is 149 Å². The van der Waals surface area contributed by atoms with Gasteiger partial charge in [0, 0.05) is 34.6 Å². The van der Waals surface area contributed by atoms with Gasteiger partial charge in [-0.15, -0.1) is 0 Å². The molecule has 2 heterocycles. The SMILES string of the molecule is CCC1C=CC=C(N2C3=C(C=CCC3)C3=CCCCC32)C1c1ccccc1C1=CC2=C(CC1C)N(c1cccc(C#N)c1)C1C=CC=CC21. The fourth-order valence-corrected chi connectivity index (χ4v) is 10.0. The lowest BCUT2D eigenvalue weighted by atomic mass is 9.73. The summed E-state index contributed by atoms with van der Waals surface area (Å²) in [7, 11) is 0. The first-order valence-electron chi connectivity index (χ1n) is 18.6. The minimum absolute atomic E-state index is 0.226. The van der Waals surface area contributed by atoms with Crippen molar-refractivity contribution in [1.82, 2.24) is 4.90 Å². The van der Waals surface area contributed by atoms with Crippen molar-refractivity contribution in [3.63, 3.8) is 0 Å². The van der Waals surface area contributed by atoms with Gasteiger partial charge in [0.2, 0.25) is 0 Å². The Kier molecular flexibility index (Phi) is 7.57. The lowest BCUT2D eigenvalue weighted by Gasteiger charge is -2.41. The highest BCUT2D eigenvalue weighted by atomic mass is 15.2. The van der Waals surface area contributed by atoms with Crippen LogP contribution in [0.5, 0.6) is 0 Å². The van der Waals surface area contributed by atoms with Crippen molar-refractivity contribution in [2.45, 2.75) is 76.8 Å². The normalized spacial score (nSPS) is 29.6. The molecule has 244 valence electrons. The molecule has 2 aliphatic heterocycles.